The van der Waals surface area contributed by atoms with Crippen molar-refractivity contribution in [3.63, 3.8) is 0 Å². The fourth-order valence-electron chi connectivity index (χ4n) is 2.06. The number of rotatable bonds is 0. The Balaban J connectivity index is 2.59. The van der Waals surface area contributed by atoms with E-state index < -0.39 is 0 Å². The van der Waals surface area contributed by atoms with Crippen LogP contribution < -0.4 is 5.32 Å². The van der Waals surface area contributed by atoms with Crippen molar-refractivity contribution in [1.82, 2.24) is 0 Å². The Morgan fingerprint density at radius 2 is 2.00 bits per heavy atom. The molecule has 0 bridgehead atoms. The summed E-state index contributed by atoms with van der Waals surface area (Å²) in [5.74, 6) is 0.0225. The third-order valence-electron chi connectivity index (χ3n) is 2.73. The third kappa shape index (κ3) is 0.777. The Labute approximate surface area is 81.5 Å². The summed E-state index contributed by atoms with van der Waals surface area (Å²) in [5, 5.41) is 5.07. The molecule has 0 aromatic heterocycles. The van der Waals surface area contributed by atoms with Gasteiger partial charge in [0.15, 0.2) is 0 Å². The molecule has 68 valence electrons. The Bertz CT molecular complexity index is 557. The quantitative estimate of drug-likeness (QED) is 0.668. The first-order valence-corrected chi connectivity index (χ1v) is 4.61. The van der Waals surface area contributed by atoms with E-state index in [0.717, 1.165) is 27.6 Å². The molecule has 1 aliphatic rings. The van der Waals surface area contributed by atoms with Gasteiger partial charge in [-0.1, -0.05) is 24.3 Å². The molecular weight excluding hydrogens is 174 g/mol. The van der Waals surface area contributed by atoms with Crippen LogP contribution in [0.2, 0.25) is 0 Å². The molecule has 1 heterocycles. The van der Waals surface area contributed by atoms with Crippen molar-refractivity contribution in [2.75, 3.05) is 5.32 Å². The van der Waals surface area contributed by atoms with Crippen molar-refractivity contribution < 1.29 is 4.79 Å². The van der Waals surface area contributed by atoms with E-state index >= 15 is 0 Å². The Morgan fingerprint density at radius 1 is 1.14 bits per heavy atom. The average Bonchev–Trinajstić information content (AvgIpc) is 2.51. The lowest BCUT2D eigenvalue weighted by Gasteiger charge is -2.01. The minimum atomic E-state index is 0.0225. The van der Waals surface area contributed by atoms with Crippen LogP contribution in [-0.2, 0) is 0 Å². The van der Waals surface area contributed by atoms with Crippen LogP contribution in [0.3, 0.4) is 0 Å². The Hall–Kier alpha value is -1.83. The number of anilines is 1. The average molecular weight is 183 g/mol. The van der Waals surface area contributed by atoms with Crippen molar-refractivity contribution in [3.8, 4) is 0 Å². The maximum atomic E-state index is 11.7. The van der Waals surface area contributed by atoms with Gasteiger partial charge in [0.1, 0.15) is 0 Å². The molecule has 14 heavy (non-hydrogen) atoms. The lowest BCUT2D eigenvalue weighted by Crippen LogP contribution is -2.05. The second kappa shape index (κ2) is 2.35. The van der Waals surface area contributed by atoms with Crippen LogP contribution in [0.15, 0.2) is 30.3 Å². The van der Waals surface area contributed by atoms with Crippen LogP contribution in [0, 0.1) is 6.92 Å². The minimum absolute atomic E-state index is 0.0225. The van der Waals surface area contributed by atoms with Crippen LogP contribution in [0.4, 0.5) is 5.69 Å². The highest BCUT2D eigenvalue weighted by Crippen LogP contribution is 2.34. The summed E-state index contributed by atoms with van der Waals surface area (Å²) < 4.78 is 0. The number of nitrogens with one attached hydrogen (secondary N) is 1. The van der Waals surface area contributed by atoms with E-state index in [1.807, 2.05) is 31.2 Å². The minimum Gasteiger partial charge on any atom is -0.321 e. The lowest BCUT2D eigenvalue weighted by atomic mass is 10.0. The highest BCUT2D eigenvalue weighted by molar-refractivity contribution is 6.24. The van der Waals surface area contributed by atoms with Crippen molar-refractivity contribution in [2.24, 2.45) is 0 Å². The van der Waals surface area contributed by atoms with Crippen molar-refractivity contribution in [1.29, 1.82) is 0 Å². The van der Waals surface area contributed by atoms with E-state index in [4.69, 9.17) is 0 Å². The van der Waals surface area contributed by atoms with Crippen molar-refractivity contribution in [2.45, 2.75) is 6.92 Å². The van der Waals surface area contributed by atoms with Gasteiger partial charge >= 0.3 is 0 Å². The zero-order valence-corrected chi connectivity index (χ0v) is 7.79. The molecule has 2 aromatic carbocycles. The summed E-state index contributed by atoms with van der Waals surface area (Å²) in [6.45, 7) is 1.97. The van der Waals surface area contributed by atoms with Crippen LogP contribution in [-0.4, -0.2) is 5.91 Å². The first-order valence-electron chi connectivity index (χ1n) is 4.61. The molecule has 0 saturated carbocycles. The number of hydrogen-bond donors (Lipinski definition) is 1. The number of hydrogen-bond acceptors (Lipinski definition) is 1. The van der Waals surface area contributed by atoms with E-state index in [-0.39, 0.29) is 5.91 Å². The van der Waals surface area contributed by atoms with Gasteiger partial charge in [0.05, 0.1) is 5.56 Å². The van der Waals surface area contributed by atoms with Crippen LogP contribution in [0.25, 0.3) is 10.8 Å². The van der Waals surface area contributed by atoms with Gasteiger partial charge in [0, 0.05) is 11.1 Å². The van der Waals surface area contributed by atoms with Gasteiger partial charge in [0.25, 0.3) is 5.91 Å². The predicted molar refractivity (Wildman–Crippen MR) is 56.6 cm³/mol. The van der Waals surface area contributed by atoms with E-state index in [1.165, 1.54) is 0 Å². The molecule has 0 aliphatic carbocycles. The summed E-state index contributed by atoms with van der Waals surface area (Å²) in [6.07, 6.45) is 0. The van der Waals surface area contributed by atoms with Gasteiger partial charge in [-0.3, -0.25) is 4.79 Å². The largest absolute Gasteiger partial charge is 0.321 e. The van der Waals surface area contributed by atoms with Gasteiger partial charge < -0.3 is 5.32 Å². The maximum absolute atomic E-state index is 11.7. The fourth-order valence-corrected chi connectivity index (χ4v) is 2.06. The zero-order valence-electron chi connectivity index (χ0n) is 7.79. The van der Waals surface area contributed by atoms with E-state index in [9.17, 15) is 4.79 Å². The summed E-state index contributed by atoms with van der Waals surface area (Å²) in [4.78, 5) is 11.7. The topological polar surface area (TPSA) is 29.1 Å². The molecule has 2 heteroatoms. The first-order chi connectivity index (χ1) is 6.77. The summed E-state index contributed by atoms with van der Waals surface area (Å²) in [6, 6.07) is 9.98. The monoisotopic (exact) mass is 183 g/mol. The molecule has 0 atom stereocenters. The van der Waals surface area contributed by atoms with Crippen molar-refractivity contribution in [3.05, 3.63) is 41.5 Å². The number of aryl methyl sites for hydroxylation is 1. The molecule has 1 amide bonds. The molecule has 0 radical (unpaired) electrons. The lowest BCUT2D eigenvalue weighted by molar-refractivity contribution is 0.103. The molecule has 3 rings (SSSR count). The smallest absolute Gasteiger partial charge is 0.256 e. The second-order valence-electron chi connectivity index (χ2n) is 3.62. The molecule has 0 unspecified atom stereocenters. The standard InChI is InChI=1S/C12H9NO/c1-7-5-6-8-3-2-4-9-11(8)10(7)12(14)13-9/h2-6H,1H3,(H,13,14). The molecule has 0 fully saturated rings. The summed E-state index contributed by atoms with van der Waals surface area (Å²) >= 11 is 0. The summed E-state index contributed by atoms with van der Waals surface area (Å²) in [5.41, 5.74) is 2.81. The highest BCUT2D eigenvalue weighted by Gasteiger charge is 2.22. The van der Waals surface area contributed by atoms with Gasteiger partial charge in [-0.25, -0.2) is 0 Å². The van der Waals surface area contributed by atoms with Gasteiger partial charge in [-0.05, 0) is 23.9 Å². The number of carbonyl (C=O) groups is 1. The van der Waals surface area contributed by atoms with Crippen LogP contribution in [0.1, 0.15) is 15.9 Å². The number of benzene rings is 2. The van der Waals surface area contributed by atoms with E-state index in [1.54, 1.807) is 0 Å². The molecule has 1 aliphatic heterocycles. The van der Waals surface area contributed by atoms with Gasteiger partial charge in [-0.15, -0.1) is 0 Å². The Morgan fingerprint density at radius 3 is 2.86 bits per heavy atom. The van der Waals surface area contributed by atoms with Crippen LogP contribution >= 0.6 is 0 Å². The summed E-state index contributed by atoms with van der Waals surface area (Å²) in [7, 11) is 0. The predicted octanol–water partition coefficient (Wildman–Crippen LogP) is 2.71. The maximum Gasteiger partial charge on any atom is 0.256 e. The highest BCUT2D eigenvalue weighted by atomic mass is 16.1. The fraction of sp³-hybridized carbons (Fsp3) is 0.0833. The van der Waals surface area contributed by atoms with Gasteiger partial charge in [-0.2, -0.15) is 0 Å². The van der Waals surface area contributed by atoms with E-state index in [0.29, 0.717) is 0 Å². The zero-order chi connectivity index (χ0) is 9.71. The molecule has 0 spiro atoms. The number of amides is 1. The first kappa shape index (κ1) is 7.56. The third-order valence-corrected chi connectivity index (χ3v) is 2.73. The molecular formula is C12H9NO. The second-order valence-corrected chi connectivity index (χ2v) is 3.62. The normalized spacial score (nSPS) is 13.4. The van der Waals surface area contributed by atoms with Crippen molar-refractivity contribution >= 4 is 22.4 Å². The molecule has 1 N–H and O–H groups in total. The Kier molecular flexibility index (Phi) is 1.27. The number of carbonyl (C=O) groups excluding carboxylic acids is 1. The molecule has 0 saturated heterocycles. The molecule has 2 aromatic rings. The SMILES string of the molecule is Cc1ccc2cccc3c2c1C(=O)N3. The van der Waals surface area contributed by atoms with Crippen LogP contribution in [0.5, 0.6) is 0 Å². The van der Waals surface area contributed by atoms with E-state index in [2.05, 4.69) is 11.4 Å². The van der Waals surface area contributed by atoms with Gasteiger partial charge in [0.2, 0.25) is 0 Å². The molecule has 2 nitrogen and oxygen atoms in total.